The summed E-state index contributed by atoms with van der Waals surface area (Å²) in [5.41, 5.74) is 1.46. The standard InChI is InChI=1S/C20H22N3O3/c1-20(2,3)26-19(25)22-16-13-21-12-15(14-8-5-4-6-9-14)17(16)18(24)23-10-7-11-23/h4-6,8-9,13H,7,10-11H2,1-3H3,(H,22,25). The minimum atomic E-state index is -0.637. The second-order valence-electron chi connectivity index (χ2n) is 7.17. The molecular formula is C20H22N3O3. The van der Waals surface area contributed by atoms with E-state index in [0.717, 1.165) is 12.0 Å². The highest BCUT2D eigenvalue weighted by Crippen LogP contribution is 2.30. The molecule has 0 bridgehead atoms. The largest absolute Gasteiger partial charge is 0.444 e. The maximum atomic E-state index is 13.0. The second-order valence-corrected chi connectivity index (χ2v) is 7.17. The van der Waals surface area contributed by atoms with Gasteiger partial charge in [0.2, 0.25) is 0 Å². The lowest BCUT2D eigenvalue weighted by molar-refractivity contribution is 0.0635. The Morgan fingerprint density at radius 1 is 1.19 bits per heavy atom. The van der Waals surface area contributed by atoms with Gasteiger partial charge in [-0.3, -0.25) is 15.1 Å². The summed E-state index contributed by atoms with van der Waals surface area (Å²) in [6, 6.07) is 9.44. The summed E-state index contributed by atoms with van der Waals surface area (Å²) in [5.74, 6) is -0.139. The van der Waals surface area contributed by atoms with Crippen molar-refractivity contribution in [2.45, 2.75) is 32.8 Å². The number of nitrogens with one attached hydrogen (secondary N) is 1. The molecule has 0 spiro atoms. The number of amides is 2. The molecular weight excluding hydrogens is 330 g/mol. The van der Waals surface area contributed by atoms with Crippen LogP contribution in [0, 0.1) is 6.20 Å². The Balaban J connectivity index is 2.00. The van der Waals surface area contributed by atoms with E-state index in [0.29, 0.717) is 29.9 Å². The van der Waals surface area contributed by atoms with Crippen LogP contribution in [0.2, 0.25) is 0 Å². The van der Waals surface area contributed by atoms with Crippen LogP contribution in [0.5, 0.6) is 0 Å². The third kappa shape index (κ3) is 4.02. The van der Waals surface area contributed by atoms with Gasteiger partial charge in [0, 0.05) is 18.7 Å². The molecule has 6 heteroatoms. The first-order valence-electron chi connectivity index (χ1n) is 8.60. The number of rotatable bonds is 3. The molecule has 0 saturated carbocycles. The van der Waals surface area contributed by atoms with Crippen molar-refractivity contribution < 1.29 is 14.3 Å². The van der Waals surface area contributed by atoms with E-state index in [1.54, 1.807) is 25.7 Å². The Morgan fingerprint density at radius 3 is 2.46 bits per heavy atom. The Kier molecular flexibility index (Phi) is 4.93. The first-order valence-corrected chi connectivity index (χ1v) is 8.60. The van der Waals surface area contributed by atoms with Gasteiger partial charge in [0.05, 0.1) is 23.6 Å². The number of benzene rings is 1. The van der Waals surface area contributed by atoms with E-state index in [1.165, 1.54) is 6.20 Å². The highest BCUT2D eigenvalue weighted by atomic mass is 16.6. The fourth-order valence-electron chi connectivity index (χ4n) is 2.64. The third-order valence-electron chi connectivity index (χ3n) is 3.94. The van der Waals surface area contributed by atoms with Crippen molar-refractivity contribution in [3.63, 3.8) is 0 Å². The molecule has 2 aromatic rings. The van der Waals surface area contributed by atoms with Gasteiger partial charge < -0.3 is 9.64 Å². The van der Waals surface area contributed by atoms with E-state index in [9.17, 15) is 9.59 Å². The lowest BCUT2D eigenvalue weighted by atomic mass is 9.98. The van der Waals surface area contributed by atoms with E-state index in [2.05, 4.69) is 16.5 Å². The fraction of sp³-hybridized carbons (Fsp3) is 0.350. The average Bonchev–Trinajstić information content (AvgIpc) is 2.52. The van der Waals surface area contributed by atoms with Gasteiger partial charge in [-0.25, -0.2) is 4.79 Å². The van der Waals surface area contributed by atoms with Gasteiger partial charge in [-0.05, 0) is 32.8 Å². The molecule has 135 valence electrons. The molecule has 1 N–H and O–H groups in total. The topological polar surface area (TPSA) is 71.5 Å². The summed E-state index contributed by atoms with van der Waals surface area (Å²) in [7, 11) is 0. The normalized spacial score (nSPS) is 13.7. The lowest BCUT2D eigenvalue weighted by Gasteiger charge is -2.32. The molecule has 1 fully saturated rings. The number of hydrogen-bond acceptors (Lipinski definition) is 4. The van der Waals surface area contributed by atoms with Gasteiger partial charge in [-0.1, -0.05) is 30.3 Å². The Labute approximate surface area is 153 Å². The molecule has 1 aliphatic rings. The molecule has 1 aromatic carbocycles. The minimum Gasteiger partial charge on any atom is -0.444 e. The predicted molar refractivity (Wildman–Crippen MR) is 98.9 cm³/mol. The number of ether oxygens (including phenoxy) is 1. The van der Waals surface area contributed by atoms with Crippen molar-refractivity contribution in [1.29, 1.82) is 0 Å². The molecule has 26 heavy (non-hydrogen) atoms. The van der Waals surface area contributed by atoms with Crippen LogP contribution >= 0.6 is 0 Å². The number of pyridine rings is 1. The summed E-state index contributed by atoms with van der Waals surface area (Å²) in [6.07, 6.45) is 4.70. The number of anilines is 1. The Bertz CT molecular complexity index is 809. The second kappa shape index (κ2) is 7.15. The molecule has 0 atom stereocenters. The molecule has 1 saturated heterocycles. The van der Waals surface area contributed by atoms with Crippen molar-refractivity contribution in [3.05, 3.63) is 48.3 Å². The minimum absolute atomic E-state index is 0.139. The fourth-order valence-corrected chi connectivity index (χ4v) is 2.64. The van der Waals surface area contributed by atoms with Gasteiger partial charge in [0.25, 0.3) is 5.91 Å². The molecule has 0 aliphatic carbocycles. The third-order valence-corrected chi connectivity index (χ3v) is 3.94. The zero-order valence-corrected chi connectivity index (χ0v) is 15.2. The number of carbonyl (C=O) groups excluding carboxylic acids is 2. The summed E-state index contributed by atoms with van der Waals surface area (Å²) >= 11 is 0. The van der Waals surface area contributed by atoms with Crippen LogP contribution in [0.25, 0.3) is 11.1 Å². The summed E-state index contributed by atoms with van der Waals surface area (Å²) in [6.45, 7) is 6.77. The first-order chi connectivity index (χ1) is 12.3. The van der Waals surface area contributed by atoms with Gasteiger partial charge in [0.1, 0.15) is 5.60 Å². The van der Waals surface area contributed by atoms with Gasteiger partial charge in [0.15, 0.2) is 0 Å². The number of nitrogens with zero attached hydrogens (tertiary/aromatic N) is 2. The molecule has 0 unspecified atom stereocenters. The molecule has 3 rings (SSSR count). The Morgan fingerprint density at radius 2 is 1.88 bits per heavy atom. The van der Waals surface area contributed by atoms with Crippen LogP contribution in [-0.4, -0.2) is 40.6 Å². The number of carbonyl (C=O) groups is 2. The zero-order chi connectivity index (χ0) is 18.7. The summed E-state index contributed by atoms with van der Waals surface area (Å²) in [5, 5.41) is 2.67. The van der Waals surface area contributed by atoms with Gasteiger partial charge >= 0.3 is 6.09 Å². The molecule has 1 aliphatic heterocycles. The van der Waals surface area contributed by atoms with Crippen molar-refractivity contribution in [1.82, 2.24) is 9.88 Å². The average molecular weight is 352 g/mol. The SMILES string of the molecule is CC(C)(C)OC(=O)Nc1cn[c]c(-c2ccccc2)c1C(=O)N1CCC1. The lowest BCUT2D eigenvalue weighted by Crippen LogP contribution is -2.42. The molecule has 6 nitrogen and oxygen atoms in total. The van der Waals surface area contributed by atoms with Crippen molar-refractivity contribution in [3.8, 4) is 11.1 Å². The van der Waals surface area contributed by atoms with Crippen molar-refractivity contribution >= 4 is 17.7 Å². The van der Waals surface area contributed by atoms with Crippen LogP contribution in [0.4, 0.5) is 10.5 Å². The number of hydrogen-bond donors (Lipinski definition) is 1. The molecule has 1 aromatic heterocycles. The molecule has 2 heterocycles. The zero-order valence-electron chi connectivity index (χ0n) is 15.2. The van der Waals surface area contributed by atoms with Crippen LogP contribution in [0.1, 0.15) is 37.6 Å². The van der Waals surface area contributed by atoms with Crippen LogP contribution in [0.3, 0.4) is 0 Å². The van der Waals surface area contributed by atoms with Crippen LogP contribution in [0.15, 0.2) is 36.5 Å². The van der Waals surface area contributed by atoms with Crippen LogP contribution < -0.4 is 5.32 Å². The summed E-state index contributed by atoms with van der Waals surface area (Å²) < 4.78 is 5.31. The van der Waals surface area contributed by atoms with Crippen molar-refractivity contribution in [2.24, 2.45) is 0 Å². The first kappa shape index (κ1) is 17.9. The number of aromatic nitrogens is 1. The molecule has 1 radical (unpaired) electrons. The van der Waals surface area contributed by atoms with Crippen LogP contribution in [-0.2, 0) is 4.74 Å². The molecule has 2 amide bonds. The van der Waals surface area contributed by atoms with E-state index in [4.69, 9.17) is 4.74 Å². The van der Waals surface area contributed by atoms with E-state index < -0.39 is 11.7 Å². The quantitative estimate of drug-likeness (QED) is 0.913. The number of likely N-dealkylation sites (tertiary alicyclic amines) is 1. The highest BCUT2D eigenvalue weighted by molar-refractivity contribution is 6.07. The smallest absolute Gasteiger partial charge is 0.412 e. The van der Waals surface area contributed by atoms with Gasteiger partial charge in [-0.2, -0.15) is 0 Å². The van der Waals surface area contributed by atoms with E-state index in [-0.39, 0.29) is 5.91 Å². The summed E-state index contributed by atoms with van der Waals surface area (Å²) in [4.78, 5) is 31.0. The predicted octanol–water partition coefficient (Wildman–Crippen LogP) is 3.74. The monoisotopic (exact) mass is 352 g/mol. The van der Waals surface area contributed by atoms with E-state index >= 15 is 0 Å². The maximum absolute atomic E-state index is 13.0. The maximum Gasteiger partial charge on any atom is 0.412 e. The Hall–Kier alpha value is -2.89. The van der Waals surface area contributed by atoms with Gasteiger partial charge in [-0.15, -0.1) is 0 Å². The van der Waals surface area contributed by atoms with E-state index in [1.807, 2.05) is 30.3 Å². The highest BCUT2D eigenvalue weighted by Gasteiger charge is 2.28. The van der Waals surface area contributed by atoms with Crippen molar-refractivity contribution in [2.75, 3.05) is 18.4 Å².